The molecule has 4 atom stereocenters. The number of carbonyl (C=O) groups is 2. The number of nitrogens with one attached hydrogen (secondary N) is 2. The Hall–Kier alpha value is -2.20. The van der Waals surface area contributed by atoms with Crippen LogP contribution >= 0.6 is 0 Å². The maximum Gasteiger partial charge on any atom is 0.250 e. The zero-order chi connectivity index (χ0) is 20.8. The number of ether oxygens (including phenoxy) is 4. The lowest BCUT2D eigenvalue weighted by atomic mass is 9.84. The molecule has 3 rings (SSSR count). The summed E-state index contributed by atoms with van der Waals surface area (Å²) < 4.78 is 21.7. The van der Waals surface area contributed by atoms with Crippen molar-refractivity contribution >= 4 is 17.5 Å². The quantitative estimate of drug-likeness (QED) is 0.507. The molecule has 2 aliphatic rings. The van der Waals surface area contributed by atoms with Crippen LogP contribution in [-0.2, 0) is 23.8 Å². The average molecular weight is 408 g/mol. The molecule has 2 aliphatic heterocycles. The van der Waals surface area contributed by atoms with Crippen LogP contribution in [0.2, 0.25) is 0 Å². The van der Waals surface area contributed by atoms with Gasteiger partial charge >= 0.3 is 0 Å². The fraction of sp³-hybridized carbons (Fsp3) is 0.600. The van der Waals surface area contributed by atoms with Crippen LogP contribution in [0.3, 0.4) is 0 Å². The van der Waals surface area contributed by atoms with Crippen molar-refractivity contribution in [1.29, 1.82) is 0 Å². The summed E-state index contributed by atoms with van der Waals surface area (Å²) in [6.45, 7) is 0.655. The first-order valence-corrected chi connectivity index (χ1v) is 9.67. The molecule has 2 amide bonds. The number of methoxy groups -OCH3 is 2. The van der Waals surface area contributed by atoms with Crippen molar-refractivity contribution in [3.63, 3.8) is 0 Å². The van der Waals surface area contributed by atoms with Crippen molar-refractivity contribution < 1.29 is 33.6 Å². The van der Waals surface area contributed by atoms with Gasteiger partial charge in [-0.15, -0.1) is 0 Å². The minimum Gasteiger partial charge on any atom is -0.487 e. The van der Waals surface area contributed by atoms with Gasteiger partial charge in [-0.25, -0.2) is 0 Å². The van der Waals surface area contributed by atoms with Crippen molar-refractivity contribution in [2.45, 2.75) is 37.1 Å². The predicted octanol–water partition coefficient (Wildman–Crippen LogP) is 0.419. The molecule has 0 unspecified atom stereocenters. The van der Waals surface area contributed by atoms with Gasteiger partial charge in [0.05, 0.1) is 25.7 Å². The molecule has 3 N–H and O–H groups in total. The van der Waals surface area contributed by atoms with Crippen LogP contribution < -0.4 is 15.4 Å². The molecule has 29 heavy (non-hydrogen) atoms. The summed E-state index contributed by atoms with van der Waals surface area (Å²) in [5.74, 6) is 0.305. The molecule has 1 saturated heterocycles. The summed E-state index contributed by atoms with van der Waals surface area (Å²) >= 11 is 0. The minimum atomic E-state index is -0.524. The van der Waals surface area contributed by atoms with E-state index in [0.29, 0.717) is 31.0 Å². The Morgan fingerprint density at radius 1 is 1.24 bits per heavy atom. The Kier molecular flexibility index (Phi) is 7.43. The molecule has 1 fully saturated rings. The standard InChI is InChI=1S/C20H28N2O7/c1-26-6-5-21-18(24)9-13-8-15-14-7-12(22-19(25)11-27-2)3-4-16(14)29-20(15)17(10-23)28-13/h3-4,7,13,15,17,20,23H,5-6,8-11H2,1-2H3,(H,21,24)(H,22,25)/t13-,15-,17+,20+/m1/s1. The first kappa shape index (κ1) is 21.5. The number of rotatable bonds is 9. The number of hydrogen-bond donors (Lipinski definition) is 3. The van der Waals surface area contributed by atoms with E-state index in [1.54, 1.807) is 19.2 Å². The molecule has 0 aliphatic carbocycles. The fourth-order valence-corrected chi connectivity index (χ4v) is 3.87. The van der Waals surface area contributed by atoms with Crippen LogP contribution in [0, 0.1) is 0 Å². The fourth-order valence-electron chi connectivity index (χ4n) is 3.87. The van der Waals surface area contributed by atoms with Gasteiger partial charge in [-0.2, -0.15) is 0 Å². The predicted molar refractivity (Wildman–Crippen MR) is 104 cm³/mol. The van der Waals surface area contributed by atoms with Crippen LogP contribution in [-0.4, -0.2) is 75.8 Å². The summed E-state index contributed by atoms with van der Waals surface area (Å²) in [7, 11) is 3.04. The number of carbonyl (C=O) groups excluding carboxylic acids is 2. The summed E-state index contributed by atoms with van der Waals surface area (Å²) in [4.78, 5) is 24.0. The third-order valence-corrected chi connectivity index (χ3v) is 5.10. The van der Waals surface area contributed by atoms with Crippen LogP contribution in [0.25, 0.3) is 0 Å². The van der Waals surface area contributed by atoms with Gasteiger partial charge in [0, 0.05) is 37.9 Å². The Balaban J connectivity index is 1.70. The lowest BCUT2D eigenvalue weighted by Crippen LogP contribution is -2.47. The van der Waals surface area contributed by atoms with Gasteiger partial charge in [-0.1, -0.05) is 0 Å². The summed E-state index contributed by atoms with van der Waals surface area (Å²) in [5.41, 5.74) is 1.59. The Morgan fingerprint density at radius 2 is 2.07 bits per heavy atom. The first-order chi connectivity index (χ1) is 14.0. The van der Waals surface area contributed by atoms with Gasteiger partial charge in [0.2, 0.25) is 11.8 Å². The van der Waals surface area contributed by atoms with Crippen molar-refractivity contribution in [3.05, 3.63) is 23.8 Å². The number of aliphatic hydroxyl groups excluding tert-OH is 1. The number of hydrogen-bond acceptors (Lipinski definition) is 7. The van der Waals surface area contributed by atoms with E-state index in [4.69, 9.17) is 18.9 Å². The van der Waals surface area contributed by atoms with Crippen LogP contribution in [0.15, 0.2) is 18.2 Å². The first-order valence-electron chi connectivity index (χ1n) is 9.67. The summed E-state index contributed by atoms with van der Waals surface area (Å²) in [6, 6.07) is 5.44. The van der Waals surface area contributed by atoms with E-state index >= 15 is 0 Å². The number of anilines is 1. The van der Waals surface area contributed by atoms with E-state index in [9.17, 15) is 14.7 Å². The van der Waals surface area contributed by atoms with Crippen LogP contribution in [0.5, 0.6) is 5.75 Å². The van der Waals surface area contributed by atoms with E-state index in [1.807, 2.05) is 6.07 Å². The molecule has 2 heterocycles. The molecule has 1 aromatic carbocycles. The largest absolute Gasteiger partial charge is 0.487 e. The highest BCUT2D eigenvalue weighted by Gasteiger charge is 2.46. The third-order valence-electron chi connectivity index (χ3n) is 5.10. The third kappa shape index (κ3) is 5.24. The molecule has 0 aromatic heterocycles. The second-order valence-electron chi connectivity index (χ2n) is 7.18. The average Bonchev–Trinajstić information content (AvgIpc) is 3.06. The van der Waals surface area contributed by atoms with E-state index < -0.39 is 6.10 Å². The number of amides is 2. The molecule has 1 aromatic rings. The monoisotopic (exact) mass is 408 g/mol. The lowest BCUT2D eigenvalue weighted by molar-refractivity contribution is -0.142. The molecule has 160 valence electrons. The normalized spacial score (nSPS) is 24.9. The van der Waals surface area contributed by atoms with Gasteiger partial charge in [-0.3, -0.25) is 9.59 Å². The molecule has 9 nitrogen and oxygen atoms in total. The molecular formula is C20H28N2O7. The van der Waals surface area contributed by atoms with E-state index in [1.165, 1.54) is 7.11 Å². The Morgan fingerprint density at radius 3 is 2.79 bits per heavy atom. The zero-order valence-corrected chi connectivity index (χ0v) is 16.7. The SMILES string of the molecule is COCCNC(=O)C[C@H]1C[C@@H]2c3cc(NC(=O)COC)ccc3O[C@@H]2[C@H](CO)O1. The van der Waals surface area contributed by atoms with E-state index in [-0.39, 0.29) is 49.6 Å². The molecule has 0 bridgehead atoms. The summed E-state index contributed by atoms with van der Waals surface area (Å²) in [5, 5.41) is 15.4. The van der Waals surface area contributed by atoms with E-state index in [0.717, 1.165) is 5.56 Å². The van der Waals surface area contributed by atoms with Crippen molar-refractivity contribution in [1.82, 2.24) is 5.32 Å². The van der Waals surface area contributed by atoms with Gasteiger partial charge < -0.3 is 34.7 Å². The number of fused-ring (bicyclic) bond motifs is 3. The molecular weight excluding hydrogens is 380 g/mol. The molecule has 0 saturated carbocycles. The Labute approximate surface area is 169 Å². The number of aliphatic hydroxyl groups is 1. The molecule has 0 radical (unpaired) electrons. The summed E-state index contributed by atoms with van der Waals surface area (Å²) in [6.07, 6.45) is -0.404. The zero-order valence-electron chi connectivity index (χ0n) is 16.7. The second kappa shape index (κ2) is 10.0. The smallest absolute Gasteiger partial charge is 0.250 e. The van der Waals surface area contributed by atoms with Gasteiger partial charge in [-0.05, 0) is 24.6 Å². The van der Waals surface area contributed by atoms with Crippen molar-refractivity contribution in [3.8, 4) is 5.75 Å². The highest BCUT2D eigenvalue weighted by molar-refractivity contribution is 5.91. The maximum atomic E-state index is 12.2. The van der Waals surface area contributed by atoms with Gasteiger partial charge in [0.25, 0.3) is 0 Å². The lowest BCUT2D eigenvalue weighted by Gasteiger charge is -2.37. The molecule has 0 spiro atoms. The van der Waals surface area contributed by atoms with Crippen molar-refractivity contribution in [2.75, 3.05) is 45.9 Å². The van der Waals surface area contributed by atoms with Crippen LogP contribution in [0.1, 0.15) is 24.3 Å². The number of benzene rings is 1. The highest BCUT2D eigenvalue weighted by atomic mass is 16.6. The highest BCUT2D eigenvalue weighted by Crippen LogP contribution is 2.47. The Bertz CT molecular complexity index is 727. The maximum absolute atomic E-state index is 12.2. The molecule has 9 heteroatoms. The topological polar surface area (TPSA) is 115 Å². The minimum absolute atomic E-state index is 0.0275. The van der Waals surface area contributed by atoms with Gasteiger partial charge in [0.1, 0.15) is 24.6 Å². The van der Waals surface area contributed by atoms with Gasteiger partial charge in [0.15, 0.2) is 0 Å². The van der Waals surface area contributed by atoms with Crippen molar-refractivity contribution in [2.24, 2.45) is 0 Å². The van der Waals surface area contributed by atoms with Crippen LogP contribution in [0.4, 0.5) is 5.69 Å². The van der Waals surface area contributed by atoms with E-state index in [2.05, 4.69) is 10.6 Å². The second-order valence-corrected chi connectivity index (χ2v) is 7.18.